The van der Waals surface area contributed by atoms with Gasteiger partial charge in [-0.2, -0.15) is 0 Å². The molecule has 7 nitrogen and oxygen atoms in total. The Labute approximate surface area is 200 Å². The lowest BCUT2D eigenvalue weighted by atomic mass is 10.1. The molecule has 0 radical (unpaired) electrons. The molecule has 0 saturated carbocycles. The van der Waals surface area contributed by atoms with Gasteiger partial charge in [0.2, 0.25) is 0 Å². The molecule has 3 heterocycles. The molecule has 0 unspecified atom stereocenters. The molecule has 5 rings (SSSR count). The molecule has 5 aromatic rings. The fourth-order valence-corrected chi connectivity index (χ4v) is 4.71. The summed E-state index contributed by atoms with van der Waals surface area (Å²) in [4.78, 5) is 16.3. The molecule has 0 amide bonds. The van der Waals surface area contributed by atoms with Gasteiger partial charge in [0, 0.05) is 40.8 Å². The van der Waals surface area contributed by atoms with Crippen LogP contribution in [-0.4, -0.2) is 26.9 Å². The summed E-state index contributed by atoms with van der Waals surface area (Å²) in [5.41, 5.74) is 4.09. The average Bonchev–Trinajstić information content (AvgIpc) is 3.31. The molecule has 0 saturated heterocycles. The average molecular weight is 471 g/mol. The van der Waals surface area contributed by atoms with Crippen molar-refractivity contribution in [3.05, 3.63) is 94.6 Å². The molecule has 0 atom stereocenters. The second-order valence-electron chi connectivity index (χ2n) is 7.64. The zero-order valence-electron chi connectivity index (χ0n) is 18.8. The number of pyridine rings is 1. The standard InChI is InChI=1S/C26H22N4O3S/c1-3-17-4-9-22-19(15-24(31)33-23(22)14-17)16-34-26-29-28-25(18-10-12-27-13-11-18)30(26)20-5-7-21(32-2)8-6-20/h4-15H,3,16H2,1-2H3. The lowest BCUT2D eigenvalue weighted by molar-refractivity contribution is 0.414. The fraction of sp³-hybridized carbons (Fsp3) is 0.154. The van der Waals surface area contributed by atoms with Gasteiger partial charge in [-0.1, -0.05) is 30.8 Å². The quantitative estimate of drug-likeness (QED) is 0.236. The second kappa shape index (κ2) is 9.52. The van der Waals surface area contributed by atoms with Crippen molar-refractivity contribution >= 4 is 22.7 Å². The van der Waals surface area contributed by atoms with Gasteiger partial charge in [-0.25, -0.2) is 4.79 Å². The number of rotatable bonds is 7. The molecule has 3 aromatic heterocycles. The Bertz CT molecular complexity index is 1490. The molecule has 0 aliphatic rings. The SMILES string of the molecule is CCc1ccc2c(CSc3nnc(-c4ccncc4)n3-c3ccc(OC)cc3)cc(=O)oc2c1. The van der Waals surface area contributed by atoms with Crippen molar-refractivity contribution < 1.29 is 9.15 Å². The van der Waals surface area contributed by atoms with Crippen LogP contribution in [0.15, 0.2) is 87.4 Å². The van der Waals surface area contributed by atoms with Crippen molar-refractivity contribution in [3.63, 3.8) is 0 Å². The molecular formula is C26H22N4O3S. The first-order valence-electron chi connectivity index (χ1n) is 10.8. The molecule has 0 spiro atoms. The van der Waals surface area contributed by atoms with Crippen molar-refractivity contribution in [2.75, 3.05) is 7.11 Å². The van der Waals surface area contributed by atoms with Gasteiger partial charge in [0.15, 0.2) is 11.0 Å². The van der Waals surface area contributed by atoms with E-state index in [-0.39, 0.29) is 5.63 Å². The zero-order valence-corrected chi connectivity index (χ0v) is 19.6. The maximum absolute atomic E-state index is 12.2. The summed E-state index contributed by atoms with van der Waals surface area (Å²) < 4.78 is 12.8. The van der Waals surface area contributed by atoms with Crippen molar-refractivity contribution in [1.82, 2.24) is 19.7 Å². The highest BCUT2D eigenvalue weighted by molar-refractivity contribution is 7.98. The Morgan fingerprint density at radius 2 is 1.79 bits per heavy atom. The third kappa shape index (κ3) is 4.32. The first-order valence-corrected chi connectivity index (χ1v) is 11.8. The van der Waals surface area contributed by atoms with Crippen LogP contribution in [0.3, 0.4) is 0 Å². The highest BCUT2D eigenvalue weighted by Gasteiger charge is 2.17. The molecule has 0 fully saturated rings. The molecule has 170 valence electrons. The third-order valence-electron chi connectivity index (χ3n) is 5.56. The minimum absolute atomic E-state index is 0.356. The normalized spacial score (nSPS) is 11.1. The number of nitrogens with zero attached hydrogens (tertiary/aromatic N) is 4. The second-order valence-corrected chi connectivity index (χ2v) is 8.58. The molecule has 0 bridgehead atoms. The summed E-state index contributed by atoms with van der Waals surface area (Å²) in [6.45, 7) is 2.07. The Morgan fingerprint density at radius 1 is 1.00 bits per heavy atom. The molecular weight excluding hydrogens is 448 g/mol. The van der Waals surface area contributed by atoms with Gasteiger partial charge in [0.1, 0.15) is 11.3 Å². The molecule has 8 heteroatoms. The minimum atomic E-state index is -0.356. The smallest absolute Gasteiger partial charge is 0.336 e. The Kier molecular flexibility index (Phi) is 6.14. The van der Waals surface area contributed by atoms with Crippen LogP contribution in [0.1, 0.15) is 18.1 Å². The van der Waals surface area contributed by atoms with Crippen LogP contribution in [0, 0.1) is 0 Å². The number of methoxy groups -OCH3 is 1. The predicted molar refractivity (Wildman–Crippen MR) is 133 cm³/mol. The molecule has 0 aliphatic carbocycles. The minimum Gasteiger partial charge on any atom is -0.497 e. The van der Waals surface area contributed by atoms with E-state index in [4.69, 9.17) is 9.15 Å². The van der Waals surface area contributed by atoms with Crippen LogP contribution in [0.25, 0.3) is 28.0 Å². The maximum atomic E-state index is 12.2. The summed E-state index contributed by atoms with van der Waals surface area (Å²) in [5, 5.41) is 10.6. The molecule has 0 N–H and O–H groups in total. The van der Waals surface area contributed by atoms with E-state index in [1.165, 1.54) is 11.8 Å². The summed E-state index contributed by atoms with van der Waals surface area (Å²) >= 11 is 1.52. The number of fused-ring (bicyclic) bond motifs is 1. The monoisotopic (exact) mass is 470 g/mol. The zero-order chi connectivity index (χ0) is 23.5. The largest absolute Gasteiger partial charge is 0.497 e. The van der Waals surface area contributed by atoms with Crippen LogP contribution in [-0.2, 0) is 12.2 Å². The van der Waals surface area contributed by atoms with Gasteiger partial charge in [-0.05, 0) is 60.0 Å². The fourth-order valence-electron chi connectivity index (χ4n) is 3.77. The highest BCUT2D eigenvalue weighted by Crippen LogP contribution is 2.31. The highest BCUT2D eigenvalue weighted by atomic mass is 32.2. The Hall–Kier alpha value is -3.91. The third-order valence-corrected chi connectivity index (χ3v) is 6.54. The summed E-state index contributed by atoms with van der Waals surface area (Å²) in [6.07, 6.45) is 4.34. The van der Waals surface area contributed by atoms with Crippen LogP contribution in [0.5, 0.6) is 5.75 Å². The van der Waals surface area contributed by atoms with E-state index in [9.17, 15) is 4.79 Å². The van der Waals surface area contributed by atoms with Gasteiger partial charge in [0.25, 0.3) is 0 Å². The van der Waals surface area contributed by atoms with Crippen LogP contribution in [0.4, 0.5) is 0 Å². The van der Waals surface area contributed by atoms with Gasteiger partial charge < -0.3 is 9.15 Å². The number of hydrogen-bond donors (Lipinski definition) is 0. The molecule has 2 aromatic carbocycles. The summed E-state index contributed by atoms with van der Waals surface area (Å²) in [6, 6.07) is 19.1. The van der Waals surface area contributed by atoms with Gasteiger partial charge >= 0.3 is 5.63 Å². The van der Waals surface area contributed by atoms with E-state index >= 15 is 0 Å². The van der Waals surface area contributed by atoms with E-state index < -0.39 is 0 Å². The number of benzene rings is 2. The van der Waals surface area contributed by atoms with E-state index in [1.54, 1.807) is 25.6 Å². The first-order chi connectivity index (χ1) is 16.7. The van der Waals surface area contributed by atoms with Crippen molar-refractivity contribution in [2.24, 2.45) is 0 Å². The van der Waals surface area contributed by atoms with E-state index in [2.05, 4.69) is 28.2 Å². The number of ether oxygens (including phenoxy) is 1. The Balaban J connectivity index is 1.55. The van der Waals surface area contributed by atoms with Gasteiger partial charge in [-0.15, -0.1) is 10.2 Å². The van der Waals surface area contributed by atoms with E-state index in [1.807, 2.05) is 53.1 Å². The predicted octanol–water partition coefficient (Wildman–Crippen LogP) is 5.30. The number of aryl methyl sites for hydroxylation is 1. The maximum Gasteiger partial charge on any atom is 0.336 e. The van der Waals surface area contributed by atoms with E-state index in [0.29, 0.717) is 22.3 Å². The number of aromatic nitrogens is 4. The van der Waals surface area contributed by atoms with Gasteiger partial charge in [-0.3, -0.25) is 9.55 Å². The summed E-state index contributed by atoms with van der Waals surface area (Å²) in [7, 11) is 1.64. The number of hydrogen-bond acceptors (Lipinski definition) is 7. The van der Waals surface area contributed by atoms with Crippen molar-refractivity contribution in [1.29, 1.82) is 0 Å². The topological polar surface area (TPSA) is 83.0 Å². The van der Waals surface area contributed by atoms with Gasteiger partial charge in [0.05, 0.1) is 7.11 Å². The van der Waals surface area contributed by atoms with E-state index in [0.717, 1.165) is 39.9 Å². The van der Waals surface area contributed by atoms with Crippen LogP contribution < -0.4 is 10.4 Å². The summed E-state index contributed by atoms with van der Waals surface area (Å²) in [5.74, 6) is 2.02. The van der Waals surface area contributed by atoms with Crippen molar-refractivity contribution in [2.45, 2.75) is 24.3 Å². The lowest BCUT2D eigenvalue weighted by Crippen LogP contribution is -2.02. The Morgan fingerprint density at radius 3 is 2.53 bits per heavy atom. The van der Waals surface area contributed by atoms with Crippen LogP contribution in [0.2, 0.25) is 0 Å². The first kappa shape index (κ1) is 21.9. The van der Waals surface area contributed by atoms with Crippen LogP contribution >= 0.6 is 11.8 Å². The lowest BCUT2D eigenvalue weighted by Gasteiger charge is -2.11. The van der Waals surface area contributed by atoms with Crippen molar-refractivity contribution in [3.8, 4) is 22.8 Å². The number of thioether (sulfide) groups is 1. The molecule has 0 aliphatic heterocycles. The molecule has 34 heavy (non-hydrogen) atoms.